The Bertz CT molecular complexity index is 181. The highest BCUT2D eigenvalue weighted by molar-refractivity contribution is 4.70. The number of ether oxygens (including phenoxy) is 1. The maximum absolute atomic E-state index is 11.7. The maximum atomic E-state index is 11.7. The lowest BCUT2D eigenvalue weighted by Crippen LogP contribution is -2.37. The Labute approximate surface area is 93.7 Å². The van der Waals surface area contributed by atoms with E-state index >= 15 is 0 Å². The SMILES string of the molecule is FC(F)(F)COCCNCC1CCCNC1. The van der Waals surface area contributed by atoms with Crippen molar-refractivity contribution < 1.29 is 17.9 Å². The molecule has 1 aliphatic heterocycles. The molecule has 0 aromatic carbocycles. The Morgan fingerprint density at radius 3 is 2.81 bits per heavy atom. The Morgan fingerprint density at radius 2 is 2.19 bits per heavy atom. The summed E-state index contributed by atoms with van der Waals surface area (Å²) in [6, 6.07) is 0. The van der Waals surface area contributed by atoms with Gasteiger partial charge in [0, 0.05) is 6.54 Å². The zero-order valence-corrected chi connectivity index (χ0v) is 9.28. The highest BCUT2D eigenvalue weighted by atomic mass is 19.4. The van der Waals surface area contributed by atoms with E-state index in [1.807, 2.05) is 0 Å². The second kappa shape index (κ2) is 7.09. The first-order valence-corrected chi connectivity index (χ1v) is 5.64. The van der Waals surface area contributed by atoms with Gasteiger partial charge in [0.05, 0.1) is 6.61 Å². The minimum absolute atomic E-state index is 0.111. The number of halogens is 3. The Balaban J connectivity index is 1.87. The molecule has 16 heavy (non-hydrogen) atoms. The lowest BCUT2D eigenvalue weighted by Gasteiger charge is -2.22. The van der Waals surface area contributed by atoms with E-state index in [0.29, 0.717) is 12.5 Å². The van der Waals surface area contributed by atoms with Gasteiger partial charge in [0.2, 0.25) is 0 Å². The van der Waals surface area contributed by atoms with Crippen molar-refractivity contribution in [2.45, 2.75) is 19.0 Å². The molecule has 0 saturated carbocycles. The summed E-state index contributed by atoms with van der Waals surface area (Å²) in [5.74, 6) is 0.594. The summed E-state index contributed by atoms with van der Waals surface area (Å²) >= 11 is 0. The van der Waals surface area contributed by atoms with Crippen LogP contribution < -0.4 is 10.6 Å². The molecule has 1 unspecified atom stereocenters. The van der Waals surface area contributed by atoms with Gasteiger partial charge in [-0.15, -0.1) is 0 Å². The highest BCUT2D eigenvalue weighted by Gasteiger charge is 2.27. The fraction of sp³-hybridized carbons (Fsp3) is 1.00. The zero-order valence-electron chi connectivity index (χ0n) is 9.28. The molecule has 1 atom stereocenters. The third-order valence-electron chi connectivity index (χ3n) is 2.52. The molecule has 0 aliphatic carbocycles. The van der Waals surface area contributed by atoms with Crippen LogP contribution in [0.4, 0.5) is 13.2 Å². The van der Waals surface area contributed by atoms with Crippen molar-refractivity contribution in [1.29, 1.82) is 0 Å². The topological polar surface area (TPSA) is 33.3 Å². The van der Waals surface area contributed by atoms with Crippen LogP contribution in [0.5, 0.6) is 0 Å². The van der Waals surface area contributed by atoms with Crippen molar-refractivity contribution in [3.05, 3.63) is 0 Å². The summed E-state index contributed by atoms with van der Waals surface area (Å²) in [6.07, 6.45) is -1.85. The zero-order chi connectivity index (χ0) is 11.9. The highest BCUT2D eigenvalue weighted by Crippen LogP contribution is 2.14. The molecule has 1 rings (SSSR count). The van der Waals surface area contributed by atoms with Crippen molar-refractivity contribution in [3.63, 3.8) is 0 Å². The second-order valence-corrected chi connectivity index (χ2v) is 4.08. The molecule has 0 spiro atoms. The van der Waals surface area contributed by atoms with Gasteiger partial charge in [0.25, 0.3) is 0 Å². The van der Waals surface area contributed by atoms with Crippen LogP contribution in [0.3, 0.4) is 0 Å². The largest absolute Gasteiger partial charge is 0.411 e. The molecular formula is C10H19F3N2O. The normalized spacial score (nSPS) is 22.3. The van der Waals surface area contributed by atoms with E-state index in [1.165, 1.54) is 12.8 Å². The van der Waals surface area contributed by atoms with Crippen LogP contribution in [0.25, 0.3) is 0 Å². The molecule has 3 nitrogen and oxygen atoms in total. The van der Waals surface area contributed by atoms with Crippen molar-refractivity contribution >= 4 is 0 Å². The molecular weight excluding hydrogens is 221 g/mol. The van der Waals surface area contributed by atoms with Crippen molar-refractivity contribution in [1.82, 2.24) is 10.6 Å². The van der Waals surface area contributed by atoms with Gasteiger partial charge in [-0.1, -0.05) is 0 Å². The van der Waals surface area contributed by atoms with Crippen LogP contribution in [0.15, 0.2) is 0 Å². The fourth-order valence-electron chi connectivity index (χ4n) is 1.74. The van der Waals surface area contributed by atoms with E-state index in [1.54, 1.807) is 0 Å². The monoisotopic (exact) mass is 240 g/mol. The lowest BCUT2D eigenvalue weighted by molar-refractivity contribution is -0.173. The van der Waals surface area contributed by atoms with Gasteiger partial charge in [-0.2, -0.15) is 13.2 Å². The van der Waals surface area contributed by atoms with Gasteiger partial charge in [-0.25, -0.2) is 0 Å². The predicted molar refractivity (Wildman–Crippen MR) is 55.3 cm³/mol. The molecule has 1 fully saturated rings. The molecule has 0 radical (unpaired) electrons. The van der Waals surface area contributed by atoms with Crippen molar-refractivity contribution in [2.75, 3.05) is 39.4 Å². The smallest absolute Gasteiger partial charge is 0.371 e. The second-order valence-electron chi connectivity index (χ2n) is 4.08. The summed E-state index contributed by atoms with van der Waals surface area (Å²) in [5.41, 5.74) is 0. The Kier molecular flexibility index (Phi) is 6.08. The van der Waals surface area contributed by atoms with E-state index in [9.17, 15) is 13.2 Å². The van der Waals surface area contributed by atoms with Crippen LogP contribution in [0, 0.1) is 5.92 Å². The third-order valence-corrected chi connectivity index (χ3v) is 2.52. The van der Waals surface area contributed by atoms with E-state index in [-0.39, 0.29) is 6.61 Å². The van der Waals surface area contributed by atoms with E-state index in [4.69, 9.17) is 0 Å². The van der Waals surface area contributed by atoms with Gasteiger partial charge in [-0.3, -0.25) is 0 Å². The molecule has 1 heterocycles. The minimum Gasteiger partial charge on any atom is -0.371 e. The maximum Gasteiger partial charge on any atom is 0.411 e. The Morgan fingerprint density at radius 1 is 1.38 bits per heavy atom. The summed E-state index contributed by atoms with van der Waals surface area (Å²) in [7, 11) is 0. The van der Waals surface area contributed by atoms with Crippen molar-refractivity contribution in [3.8, 4) is 0 Å². The first kappa shape index (κ1) is 13.7. The number of piperidine rings is 1. The van der Waals surface area contributed by atoms with Gasteiger partial charge in [0.15, 0.2) is 0 Å². The average Bonchev–Trinajstić information content (AvgIpc) is 2.23. The standard InChI is InChI=1S/C10H19F3N2O/c11-10(12,13)8-16-5-4-15-7-9-2-1-3-14-6-9/h9,14-15H,1-8H2. The van der Waals surface area contributed by atoms with Gasteiger partial charge >= 0.3 is 6.18 Å². The number of hydrogen-bond acceptors (Lipinski definition) is 3. The number of rotatable bonds is 6. The summed E-state index contributed by atoms with van der Waals surface area (Å²) < 4.78 is 39.6. The molecule has 96 valence electrons. The molecule has 0 amide bonds. The van der Waals surface area contributed by atoms with Crippen LogP contribution in [-0.2, 0) is 4.74 Å². The van der Waals surface area contributed by atoms with Crippen molar-refractivity contribution in [2.24, 2.45) is 5.92 Å². The van der Waals surface area contributed by atoms with Crippen LogP contribution in [-0.4, -0.2) is 45.6 Å². The summed E-state index contributed by atoms with van der Waals surface area (Å²) in [6.45, 7) is 2.36. The summed E-state index contributed by atoms with van der Waals surface area (Å²) in [4.78, 5) is 0. The minimum atomic E-state index is -4.21. The molecule has 1 aliphatic rings. The van der Waals surface area contributed by atoms with Gasteiger partial charge in [-0.05, 0) is 38.4 Å². The first-order chi connectivity index (χ1) is 7.58. The molecule has 0 aromatic heterocycles. The molecule has 6 heteroatoms. The fourth-order valence-corrected chi connectivity index (χ4v) is 1.74. The van der Waals surface area contributed by atoms with Crippen LogP contribution in [0.2, 0.25) is 0 Å². The quantitative estimate of drug-likeness (QED) is 0.683. The number of hydrogen-bond donors (Lipinski definition) is 2. The average molecular weight is 240 g/mol. The number of alkyl halides is 3. The van der Waals surface area contributed by atoms with E-state index < -0.39 is 12.8 Å². The molecule has 2 N–H and O–H groups in total. The first-order valence-electron chi connectivity index (χ1n) is 5.64. The van der Waals surface area contributed by atoms with Gasteiger partial charge in [0.1, 0.15) is 6.61 Å². The molecule has 1 saturated heterocycles. The van der Waals surface area contributed by atoms with E-state index in [0.717, 1.165) is 19.6 Å². The summed E-state index contributed by atoms with van der Waals surface area (Å²) in [5, 5.41) is 6.40. The molecule has 0 aromatic rings. The predicted octanol–water partition coefficient (Wildman–Crippen LogP) is 1.15. The van der Waals surface area contributed by atoms with Gasteiger partial charge < -0.3 is 15.4 Å². The Hall–Kier alpha value is -0.330. The lowest BCUT2D eigenvalue weighted by atomic mass is 10.00. The van der Waals surface area contributed by atoms with E-state index in [2.05, 4.69) is 15.4 Å². The molecule has 0 bridgehead atoms. The van der Waals surface area contributed by atoms with Crippen LogP contribution >= 0.6 is 0 Å². The van der Waals surface area contributed by atoms with Crippen LogP contribution in [0.1, 0.15) is 12.8 Å². The third kappa shape index (κ3) is 7.03. The number of nitrogens with one attached hydrogen (secondary N) is 2.